The first kappa shape index (κ1) is 23.8. The summed E-state index contributed by atoms with van der Waals surface area (Å²) in [7, 11) is 0. The molecule has 1 aromatic heterocycles. The molecule has 0 aliphatic heterocycles. The van der Waals surface area contributed by atoms with Crippen LogP contribution in [0.25, 0.3) is 0 Å². The fourth-order valence-electron chi connectivity index (χ4n) is 3.11. The number of benzene rings is 2. The molecule has 0 radical (unpaired) electrons. The van der Waals surface area contributed by atoms with Crippen LogP contribution in [0.5, 0.6) is 0 Å². The molecule has 7 N–H and O–H groups in total. The van der Waals surface area contributed by atoms with Gasteiger partial charge < -0.3 is 27.4 Å². The number of aromatic nitrogens is 2. The van der Waals surface area contributed by atoms with Gasteiger partial charge in [0.25, 0.3) is 0 Å². The number of nitrogens with zero attached hydrogens (tertiary/aromatic N) is 2. The van der Waals surface area contributed by atoms with E-state index in [2.05, 4.69) is 25.9 Å². The summed E-state index contributed by atoms with van der Waals surface area (Å²) in [6.45, 7) is 3.91. The zero-order valence-electron chi connectivity index (χ0n) is 17.9. The van der Waals surface area contributed by atoms with Crippen molar-refractivity contribution in [2.45, 2.75) is 32.1 Å². The first-order chi connectivity index (χ1) is 15.5. The number of carbonyl (C=O) groups excluding carboxylic acids is 1. The minimum absolute atomic E-state index is 0.0192. The number of hydrogen-bond acceptors (Lipinski definition) is 6. The molecule has 0 fully saturated rings. The van der Waals surface area contributed by atoms with Crippen LogP contribution in [0.15, 0.2) is 54.9 Å². The van der Waals surface area contributed by atoms with Gasteiger partial charge in [-0.2, -0.15) is 13.2 Å². The number of carbonyl (C=O) groups is 1. The molecular formula is C22H24F3N7O. The molecule has 0 aliphatic rings. The maximum absolute atomic E-state index is 12.8. The van der Waals surface area contributed by atoms with Gasteiger partial charge in [0.1, 0.15) is 18.0 Å². The van der Waals surface area contributed by atoms with Crippen molar-refractivity contribution in [1.29, 1.82) is 0 Å². The van der Waals surface area contributed by atoms with Crippen LogP contribution in [-0.4, -0.2) is 22.0 Å². The van der Waals surface area contributed by atoms with Gasteiger partial charge >= 0.3 is 12.2 Å². The van der Waals surface area contributed by atoms with E-state index in [-0.39, 0.29) is 17.5 Å². The van der Waals surface area contributed by atoms with Gasteiger partial charge in [0.05, 0.1) is 17.2 Å². The lowest BCUT2D eigenvalue weighted by molar-refractivity contribution is -0.137. The van der Waals surface area contributed by atoms with E-state index in [0.717, 1.165) is 12.1 Å². The lowest BCUT2D eigenvalue weighted by Gasteiger charge is -2.20. The molecule has 2 aromatic carbocycles. The van der Waals surface area contributed by atoms with Gasteiger partial charge in [-0.15, -0.1) is 0 Å². The molecule has 0 saturated heterocycles. The van der Waals surface area contributed by atoms with Gasteiger partial charge in [-0.3, -0.25) is 0 Å². The van der Waals surface area contributed by atoms with Crippen molar-refractivity contribution in [3.05, 3.63) is 71.5 Å². The van der Waals surface area contributed by atoms with E-state index < -0.39 is 23.8 Å². The third kappa shape index (κ3) is 6.10. The second-order valence-electron chi connectivity index (χ2n) is 7.58. The topological polar surface area (TPSA) is 131 Å². The predicted molar refractivity (Wildman–Crippen MR) is 122 cm³/mol. The van der Waals surface area contributed by atoms with E-state index in [1.165, 1.54) is 18.5 Å². The Morgan fingerprint density at radius 1 is 1.00 bits per heavy atom. The lowest BCUT2D eigenvalue weighted by Crippen LogP contribution is -2.21. The van der Waals surface area contributed by atoms with Gasteiger partial charge in [0.15, 0.2) is 0 Å². The highest BCUT2D eigenvalue weighted by Crippen LogP contribution is 2.31. The molecule has 2 amide bonds. The molecule has 1 atom stereocenters. The number of nitrogens with one attached hydrogen (secondary N) is 3. The Morgan fingerprint density at radius 2 is 1.67 bits per heavy atom. The summed E-state index contributed by atoms with van der Waals surface area (Å²) in [5.74, 6) is 0.788. The number of alkyl halides is 3. The Balaban J connectivity index is 1.71. The van der Waals surface area contributed by atoms with Gasteiger partial charge in [-0.1, -0.05) is 18.2 Å². The van der Waals surface area contributed by atoms with E-state index >= 15 is 0 Å². The zero-order chi connectivity index (χ0) is 24.2. The molecule has 0 aliphatic carbocycles. The maximum atomic E-state index is 12.8. The first-order valence-corrected chi connectivity index (χ1v) is 10.0. The quantitative estimate of drug-likeness (QED) is 0.366. The third-order valence-corrected chi connectivity index (χ3v) is 4.63. The fraction of sp³-hybridized carbons (Fsp3) is 0.227. The second-order valence-corrected chi connectivity index (χ2v) is 7.58. The average Bonchev–Trinajstić information content (AvgIpc) is 2.73. The Kier molecular flexibility index (Phi) is 7.02. The molecule has 0 bridgehead atoms. The summed E-state index contributed by atoms with van der Waals surface area (Å²) in [6.07, 6.45) is -3.15. The molecule has 8 nitrogen and oxygen atoms in total. The molecule has 0 saturated carbocycles. The minimum Gasteiger partial charge on any atom is -0.383 e. The van der Waals surface area contributed by atoms with Crippen LogP contribution in [0.1, 0.15) is 36.6 Å². The van der Waals surface area contributed by atoms with Gasteiger partial charge in [0.2, 0.25) is 0 Å². The summed E-state index contributed by atoms with van der Waals surface area (Å²) in [6, 6.07) is 9.82. The number of rotatable bonds is 6. The van der Waals surface area contributed by atoms with Crippen molar-refractivity contribution < 1.29 is 18.0 Å². The normalized spacial score (nSPS) is 12.3. The Morgan fingerprint density at radius 3 is 2.30 bits per heavy atom. The standard InChI is InChI=1S/C22H24F3N7O/c1-12(2)30-20-17(19(27)28-11-29-20)18(26)13-6-8-15(9-7-13)31-21(33)32-16-5-3-4-14(10-16)22(23,24)25/h3-12,18H,26H2,1-2H3,(H2,31,32,33)(H3,27,28,29,30). The largest absolute Gasteiger partial charge is 0.416 e. The number of nitrogen functional groups attached to an aromatic ring is 1. The number of halogens is 3. The van der Waals surface area contributed by atoms with Crippen molar-refractivity contribution in [2.75, 3.05) is 21.7 Å². The minimum atomic E-state index is -4.50. The number of anilines is 4. The monoisotopic (exact) mass is 459 g/mol. The molecule has 0 spiro atoms. The SMILES string of the molecule is CC(C)Nc1ncnc(N)c1C(N)c1ccc(NC(=O)Nc2cccc(C(F)(F)F)c2)cc1. The smallest absolute Gasteiger partial charge is 0.383 e. The molecular weight excluding hydrogens is 435 g/mol. The molecule has 3 aromatic rings. The van der Waals surface area contributed by atoms with Crippen molar-refractivity contribution in [1.82, 2.24) is 9.97 Å². The van der Waals surface area contributed by atoms with Crippen molar-refractivity contribution in [3.8, 4) is 0 Å². The van der Waals surface area contributed by atoms with E-state index in [0.29, 0.717) is 22.6 Å². The summed E-state index contributed by atoms with van der Waals surface area (Å²) < 4.78 is 38.5. The summed E-state index contributed by atoms with van der Waals surface area (Å²) in [4.78, 5) is 20.5. The zero-order valence-corrected chi connectivity index (χ0v) is 17.9. The van der Waals surface area contributed by atoms with Crippen LogP contribution in [-0.2, 0) is 6.18 Å². The van der Waals surface area contributed by atoms with Crippen LogP contribution in [0.3, 0.4) is 0 Å². The van der Waals surface area contributed by atoms with Gasteiger partial charge in [-0.05, 0) is 49.7 Å². The predicted octanol–water partition coefficient (Wildman–Crippen LogP) is 4.59. The lowest BCUT2D eigenvalue weighted by atomic mass is 9.99. The van der Waals surface area contributed by atoms with Crippen molar-refractivity contribution in [3.63, 3.8) is 0 Å². The Labute approximate surface area is 188 Å². The van der Waals surface area contributed by atoms with Crippen molar-refractivity contribution >= 4 is 29.0 Å². The van der Waals surface area contributed by atoms with E-state index in [4.69, 9.17) is 11.5 Å². The molecule has 174 valence electrons. The average molecular weight is 459 g/mol. The van der Waals surface area contributed by atoms with E-state index in [1.807, 2.05) is 13.8 Å². The van der Waals surface area contributed by atoms with Gasteiger partial charge in [0, 0.05) is 17.4 Å². The molecule has 11 heteroatoms. The van der Waals surface area contributed by atoms with E-state index in [1.54, 1.807) is 24.3 Å². The van der Waals surface area contributed by atoms with Crippen LogP contribution in [0, 0.1) is 0 Å². The molecule has 33 heavy (non-hydrogen) atoms. The van der Waals surface area contributed by atoms with Crippen LogP contribution >= 0.6 is 0 Å². The van der Waals surface area contributed by atoms with Crippen LogP contribution in [0.4, 0.5) is 41.0 Å². The maximum Gasteiger partial charge on any atom is 0.416 e. The highest BCUT2D eigenvalue weighted by Gasteiger charge is 2.30. The second kappa shape index (κ2) is 9.74. The summed E-state index contributed by atoms with van der Waals surface area (Å²) in [5, 5.41) is 8.14. The number of amides is 2. The van der Waals surface area contributed by atoms with Crippen LogP contribution in [0.2, 0.25) is 0 Å². The summed E-state index contributed by atoms with van der Waals surface area (Å²) >= 11 is 0. The van der Waals surface area contributed by atoms with Crippen molar-refractivity contribution in [2.24, 2.45) is 5.73 Å². The Hall–Kier alpha value is -3.86. The molecule has 1 heterocycles. The Bertz CT molecular complexity index is 1120. The highest BCUT2D eigenvalue weighted by molar-refractivity contribution is 5.99. The molecule has 1 unspecified atom stereocenters. The summed E-state index contributed by atoms with van der Waals surface area (Å²) in [5.41, 5.74) is 13.3. The fourth-order valence-corrected chi connectivity index (χ4v) is 3.11. The highest BCUT2D eigenvalue weighted by atomic mass is 19.4. The number of urea groups is 1. The van der Waals surface area contributed by atoms with Crippen LogP contribution < -0.4 is 27.4 Å². The van der Waals surface area contributed by atoms with E-state index in [9.17, 15) is 18.0 Å². The third-order valence-electron chi connectivity index (χ3n) is 4.63. The molecule has 3 rings (SSSR count). The number of nitrogens with two attached hydrogens (primary N) is 2. The number of hydrogen-bond donors (Lipinski definition) is 5. The van der Waals surface area contributed by atoms with Gasteiger partial charge in [-0.25, -0.2) is 14.8 Å². The first-order valence-electron chi connectivity index (χ1n) is 10.0.